The average Bonchev–Trinajstić information content (AvgIpc) is 2.67. The molecular weight excluding hydrogens is 336 g/mol. The van der Waals surface area contributed by atoms with Crippen molar-refractivity contribution in [2.75, 3.05) is 19.7 Å². The minimum absolute atomic E-state index is 0.0560. The van der Waals surface area contributed by atoms with Crippen molar-refractivity contribution < 1.29 is 9.90 Å². The van der Waals surface area contributed by atoms with Gasteiger partial charge in [-0.2, -0.15) is 0 Å². The van der Waals surface area contributed by atoms with Crippen molar-refractivity contribution in [2.45, 2.75) is 72.0 Å². The molecule has 1 saturated heterocycles. The molecule has 0 aromatic heterocycles. The number of likely N-dealkylation sites (tertiary alicyclic amines) is 1. The Balaban J connectivity index is 2.10. The fourth-order valence-corrected chi connectivity index (χ4v) is 4.40. The smallest absolute Gasteiger partial charge is 0.223 e. The molecule has 1 aliphatic heterocycles. The van der Waals surface area contributed by atoms with Gasteiger partial charge in [0, 0.05) is 25.6 Å². The molecule has 4 nitrogen and oxygen atoms in total. The molecule has 4 heteroatoms. The third-order valence-corrected chi connectivity index (χ3v) is 6.26. The van der Waals surface area contributed by atoms with Crippen LogP contribution in [0.3, 0.4) is 0 Å². The van der Waals surface area contributed by atoms with E-state index in [1.54, 1.807) is 0 Å². The summed E-state index contributed by atoms with van der Waals surface area (Å²) in [6.45, 7) is 11.8. The van der Waals surface area contributed by atoms with Gasteiger partial charge >= 0.3 is 0 Å². The van der Waals surface area contributed by atoms with E-state index >= 15 is 0 Å². The number of benzene rings is 1. The molecule has 0 radical (unpaired) electrons. The highest BCUT2D eigenvalue weighted by atomic mass is 16.3. The van der Waals surface area contributed by atoms with Crippen LogP contribution in [0, 0.1) is 11.8 Å². The summed E-state index contributed by atoms with van der Waals surface area (Å²) in [5, 5.41) is 9.96. The summed E-state index contributed by atoms with van der Waals surface area (Å²) in [7, 11) is 0. The molecule has 1 aromatic rings. The van der Waals surface area contributed by atoms with Gasteiger partial charge in [0.05, 0.1) is 12.6 Å². The van der Waals surface area contributed by atoms with Gasteiger partial charge in [-0.3, -0.25) is 9.69 Å². The second kappa shape index (κ2) is 10.8. The second-order valence-electron chi connectivity index (χ2n) is 8.20. The molecule has 1 amide bonds. The third kappa shape index (κ3) is 5.79. The largest absolute Gasteiger partial charge is 0.394 e. The van der Waals surface area contributed by atoms with E-state index < -0.39 is 0 Å². The van der Waals surface area contributed by atoms with Crippen LogP contribution in [0.25, 0.3) is 0 Å². The van der Waals surface area contributed by atoms with Gasteiger partial charge in [0.15, 0.2) is 0 Å². The van der Waals surface area contributed by atoms with E-state index in [0.29, 0.717) is 18.3 Å². The Kier molecular flexibility index (Phi) is 8.78. The number of aliphatic hydroxyl groups is 1. The van der Waals surface area contributed by atoms with Crippen molar-refractivity contribution in [1.82, 2.24) is 9.80 Å². The standard InChI is InChI=1S/C23H38N2O2/c1-5-14-24(15-20-10-8-7-9-11-20)16-21-12-13-23(27)25(19(21)4)22(17-26)18(3)6-2/h7-11,18-19,21-22,26H,5-6,12-17H2,1-4H3/t18-,19+,21-,22-/m1/s1. The normalized spacial score (nSPS) is 22.9. The molecule has 1 N–H and O–H groups in total. The Morgan fingerprint density at radius 3 is 2.56 bits per heavy atom. The summed E-state index contributed by atoms with van der Waals surface area (Å²) in [5.74, 6) is 0.982. The van der Waals surface area contributed by atoms with Crippen molar-refractivity contribution in [3.63, 3.8) is 0 Å². The number of carbonyl (C=O) groups excluding carboxylic acids is 1. The number of amides is 1. The Morgan fingerprint density at radius 2 is 1.96 bits per heavy atom. The Hall–Kier alpha value is -1.39. The van der Waals surface area contributed by atoms with E-state index in [2.05, 4.69) is 62.9 Å². The van der Waals surface area contributed by atoms with Gasteiger partial charge in [0.1, 0.15) is 0 Å². The van der Waals surface area contributed by atoms with Gasteiger partial charge in [-0.1, -0.05) is 57.5 Å². The molecule has 0 unspecified atom stereocenters. The number of piperidine rings is 1. The van der Waals surface area contributed by atoms with Gasteiger partial charge in [-0.25, -0.2) is 0 Å². The van der Waals surface area contributed by atoms with Crippen LogP contribution in [0.15, 0.2) is 30.3 Å². The number of carbonyl (C=O) groups is 1. The molecule has 0 bridgehead atoms. The van der Waals surface area contributed by atoms with Crippen LogP contribution in [-0.4, -0.2) is 52.6 Å². The van der Waals surface area contributed by atoms with Crippen LogP contribution >= 0.6 is 0 Å². The zero-order chi connectivity index (χ0) is 19.8. The Morgan fingerprint density at radius 1 is 1.26 bits per heavy atom. The molecule has 1 aliphatic rings. The van der Waals surface area contributed by atoms with E-state index in [0.717, 1.165) is 38.9 Å². The van der Waals surface area contributed by atoms with E-state index in [1.807, 2.05) is 4.90 Å². The summed E-state index contributed by atoms with van der Waals surface area (Å²) in [6, 6.07) is 10.7. The lowest BCUT2D eigenvalue weighted by Gasteiger charge is -2.46. The molecule has 1 heterocycles. The SMILES string of the molecule is CCCN(Cc1ccccc1)C[C@H]1CCC(=O)N([C@H](CO)[C@H](C)CC)[C@H]1C. The molecule has 4 atom stereocenters. The molecule has 1 aromatic carbocycles. The molecule has 1 fully saturated rings. The minimum atomic E-state index is -0.0611. The first-order chi connectivity index (χ1) is 13.0. The second-order valence-corrected chi connectivity index (χ2v) is 8.20. The fraction of sp³-hybridized carbons (Fsp3) is 0.696. The number of hydrogen-bond donors (Lipinski definition) is 1. The summed E-state index contributed by atoms with van der Waals surface area (Å²) in [5.41, 5.74) is 1.34. The molecule has 0 spiro atoms. The van der Waals surface area contributed by atoms with Crippen LogP contribution in [0.2, 0.25) is 0 Å². The summed E-state index contributed by atoms with van der Waals surface area (Å²) >= 11 is 0. The summed E-state index contributed by atoms with van der Waals surface area (Å²) in [4.78, 5) is 17.2. The predicted molar refractivity (Wildman–Crippen MR) is 111 cm³/mol. The van der Waals surface area contributed by atoms with Crippen LogP contribution in [0.4, 0.5) is 0 Å². The Labute approximate surface area is 165 Å². The number of hydrogen-bond acceptors (Lipinski definition) is 3. The maximum atomic E-state index is 12.7. The quantitative estimate of drug-likeness (QED) is 0.675. The van der Waals surface area contributed by atoms with Crippen molar-refractivity contribution in [3.8, 4) is 0 Å². The monoisotopic (exact) mass is 374 g/mol. The molecular formula is C23H38N2O2. The van der Waals surface area contributed by atoms with Gasteiger partial charge in [-0.15, -0.1) is 0 Å². The molecule has 27 heavy (non-hydrogen) atoms. The van der Waals surface area contributed by atoms with E-state index in [-0.39, 0.29) is 24.6 Å². The maximum absolute atomic E-state index is 12.7. The van der Waals surface area contributed by atoms with E-state index in [9.17, 15) is 9.90 Å². The highest BCUT2D eigenvalue weighted by Crippen LogP contribution is 2.30. The molecule has 0 saturated carbocycles. The maximum Gasteiger partial charge on any atom is 0.223 e. The highest BCUT2D eigenvalue weighted by molar-refractivity contribution is 5.77. The molecule has 2 rings (SSSR count). The first-order valence-electron chi connectivity index (χ1n) is 10.7. The predicted octanol–water partition coefficient (Wildman–Crippen LogP) is 3.93. The van der Waals surface area contributed by atoms with Crippen LogP contribution in [-0.2, 0) is 11.3 Å². The topological polar surface area (TPSA) is 43.8 Å². The van der Waals surface area contributed by atoms with Crippen molar-refractivity contribution in [2.24, 2.45) is 11.8 Å². The fourth-order valence-electron chi connectivity index (χ4n) is 4.40. The zero-order valence-corrected chi connectivity index (χ0v) is 17.6. The zero-order valence-electron chi connectivity index (χ0n) is 17.6. The van der Waals surface area contributed by atoms with Gasteiger partial charge in [0.2, 0.25) is 5.91 Å². The van der Waals surface area contributed by atoms with Gasteiger partial charge < -0.3 is 10.0 Å². The van der Waals surface area contributed by atoms with Crippen LogP contribution < -0.4 is 0 Å². The lowest BCUT2D eigenvalue weighted by molar-refractivity contribution is -0.145. The summed E-state index contributed by atoms with van der Waals surface area (Å²) < 4.78 is 0. The van der Waals surface area contributed by atoms with E-state index in [1.165, 1.54) is 5.56 Å². The highest BCUT2D eigenvalue weighted by Gasteiger charge is 2.38. The van der Waals surface area contributed by atoms with Crippen molar-refractivity contribution in [3.05, 3.63) is 35.9 Å². The van der Waals surface area contributed by atoms with Crippen molar-refractivity contribution in [1.29, 1.82) is 0 Å². The average molecular weight is 375 g/mol. The first kappa shape index (κ1) is 21.9. The van der Waals surface area contributed by atoms with Gasteiger partial charge in [-0.05, 0) is 43.7 Å². The lowest BCUT2D eigenvalue weighted by Crippen LogP contribution is -2.57. The van der Waals surface area contributed by atoms with Crippen LogP contribution in [0.5, 0.6) is 0 Å². The summed E-state index contributed by atoms with van der Waals surface area (Å²) in [6.07, 6.45) is 3.66. The molecule has 152 valence electrons. The Bertz CT molecular complexity index is 563. The first-order valence-corrected chi connectivity index (χ1v) is 10.7. The van der Waals surface area contributed by atoms with Gasteiger partial charge in [0.25, 0.3) is 0 Å². The molecule has 0 aliphatic carbocycles. The van der Waals surface area contributed by atoms with Crippen LogP contribution in [0.1, 0.15) is 58.9 Å². The third-order valence-electron chi connectivity index (χ3n) is 6.26. The lowest BCUT2D eigenvalue weighted by atomic mass is 9.85. The minimum Gasteiger partial charge on any atom is -0.394 e. The number of nitrogens with zero attached hydrogens (tertiary/aromatic N) is 2. The number of aliphatic hydroxyl groups excluding tert-OH is 1. The van der Waals surface area contributed by atoms with Crippen molar-refractivity contribution >= 4 is 5.91 Å². The van der Waals surface area contributed by atoms with E-state index in [4.69, 9.17) is 0 Å². The number of rotatable bonds is 10.